The van der Waals surface area contributed by atoms with Gasteiger partial charge < -0.3 is 29.8 Å². The number of hydrogen-bond acceptors (Lipinski definition) is 13. The van der Waals surface area contributed by atoms with E-state index in [0.29, 0.717) is 53.5 Å². The molecule has 75 heavy (non-hydrogen) atoms. The van der Waals surface area contributed by atoms with E-state index in [0.717, 1.165) is 94.9 Å². The third-order valence-corrected chi connectivity index (χ3v) is 18.0. The van der Waals surface area contributed by atoms with Crippen molar-refractivity contribution < 1.29 is 32.7 Å². The molecule has 396 valence electrons. The molecule has 2 aromatic heterocycles. The summed E-state index contributed by atoms with van der Waals surface area (Å²) in [4.78, 5) is 40.5. The van der Waals surface area contributed by atoms with E-state index in [1.807, 2.05) is 31.2 Å². The summed E-state index contributed by atoms with van der Waals surface area (Å²) in [6, 6.07) is 28.1. The molecule has 4 N–H and O–H groups in total. The first-order valence-corrected chi connectivity index (χ1v) is 28.0. The molecule has 16 nitrogen and oxygen atoms in total. The van der Waals surface area contributed by atoms with Crippen LogP contribution in [0.25, 0.3) is 11.0 Å². The van der Waals surface area contributed by atoms with Crippen molar-refractivity contribution in [2.75, 3.05) is 56.6 Å². The minimum absolute atomic E-state index is 0.0346. The van der Waals surface area contributed by atoms with Crippen molar-refractivity contribution in [2.45, 2.75) is 107 Å². The third kappa shape index (κ3) is 11.5. The number of nitro groups is 1. The van der Waals surface area contributed by atoms with Gasteiger partial charge in [-0.1, -0.05) is 55.8 Å². The summed E-state index contributed by atoms with van der Waals surface area (Å²) in [6.07, 6.45) is 10.3. The number of aliphatic hydroxyl groups is 1. The van der Waals surface area contributed by atoms with Gasteiger partial charge >= 0.3 is 0 Å². The maximum Gasteiger partial charge on any atom is 0.293 e. The first kappa shape index (κ1) is 52.2. The van der Waals surface area contributed by atoms with Crippen molar-refractivity contribution in [3.63, 3.8) is 0 Å². The number of nitrogens with one attached hydrogen (secondary N) is 3. The zero-order valence-electron chi connectivity index (χ0n) is 43.1. The first-order chi connectivity index (χ1) is 35.9. The fraction of sp³-hybridized carbons (Fsp3) is 0.439. The number of rotatable bonds is 16. The van der Waals surface area contributed by atoms with Crippen molar-refractivity contribution in [1.29, 1.82) is 0 Å². The molecule has 1 atom stereocenters. The summed E-state index contributed by atoms with van der Waals surface area (Å²) >= 11 is 6.39. The highest BCUT2D eigenvalue weighted by Crippen LogP contribution is 2.53. The highest BCUT2D eigenvalue weighted by molar-refractivity contribution is 7.90. The van der Waals surface area contributed by atoms with Crippen LogP contribution in [-0.2, 0) is 16.6 Å². The number of aromatic amines is 1. The normalized spacial score (nSPS) is 21.5. The molecule has 0 radical (unpaired) electrons. The van der Waals surface area contributed by atoms with Crippen LogP contribution in [0.1, 0.15) is 111 Å². The minimum atomic E-state index is -4.59. The smallest absolute Gasteiger partial charge is 0.293 e. The predicted octanol–water partition coefficient (Wildman–Crippen LogP) is 10.8. The van der Waals surface area contributed by atoms with Gasteiger partial charge in [0.1, 0.15) is 28.6 Å². The summed E-state index contributed by atoms with van der Waals surface area (Å²) in [5.41, 5.74) is 4.68. The van der Waals surface area contributed by atoms with Gasteiger partial charge in [0.05, 0.1) is 39.3 Å². The summed E-state index contributed by atoms with van der Waals surface area (Å²) in [7, 11) is -2.94. The number of methoxy groups -OCH3 is 1. The average Bonchev–Trinajstić information content (AvgIpc) is 3.86. The number of hydrogen-bond donors (Lipinski definition) is 4. The molecule has 1 spiro atoms. The lowest BCUT2D eigenvalue weighted by Gasteiger charge is -2.58. The molecule has 10 rings (SSSR count). The van der Waals surface area contributed by atoms with Gasteiger partial charge in [-0.05, 0) is 141 Å². The number of benzene rings is 4. The number of sulfonamides is 1. The number of fused-ring (bicyclic) bond motifs is 1. The Bertz CT molecular complexity index is 3180. The number of nitro benzene ring substituents is 1. The zero-order chi connectivity index (χ0) is 52.6. The van der Waals surface area contributed by atoms with Crippen LogP contribution in [0.15, 0.2) is 108 Å². The van der Waals surface area contributed by atoms with Gasteiger partial charge in [-0.2, -0.15) is 0 Å². The van der Waals surface area contributed by atoms with E-state index >= 15 is 0 Å². The second-order valence-corrected chi connectivity index (χ2v) is 23.9. The maximum atomic E-state index is 14.1. The summed E-state index contributed by atoms with van der Waals surface area (Å²) in [5, 5.41) is 27.1. The van der Waals surface area contributed by atoms with E-state index in [2.05, 4.69) is 78.9 Å². The zero-order valence-corrected chi connectivity index (χ0v) is 44.6. The lowest BCUT2D eigenvalue weighted by Crippen LogP contribution is -2.60. The topological polar surface area (TPSA) is 195 Å². The van der Waals surface area contributed by atoms with Crippen molar-refractivity contribution in [3.8, 4) is 17.2 Å². The number of carbonyl (C=O) groups is 1. The molecule has 4 fully saturated rings. The summed E-state index contributed by atoms with van der Waals surface area (Å²) in [6.45, 7) is 12.1. The Labute approximate surface area is 444 Å². The second kappa shape index (κ2) is 21.4. The molecule has 2 saturated heterocycles. The molecule has 2 aliphatic carbocycles. The van der Waals surface area contributed by atoms with Gasteiger partial charge in [-0.25, -0.2) is 18.1 Å². The van der Waals surface area contributed by atoms with Gasteiger partial charge in [0.25, 0.3) is 21.6 Å². The number of amides is 1. The van der Waals surface area contributed by atoms with E-state index in [4.69, 9.17) is 21.1 Å². The lowest BCUT2D eigenvalue weighted by molar-refractivity contribution is -0.384. The largest absolute Gasteiger partial charge is 0.495 e. The quantitative estimate of drug-likeness (QED) is 0.0529. The molecule has 4 aromatic carbocycles. The van der Waals surface area contributed by atoms with E-state index < -0.39 is 37.0 Å². The van der Waals surface area contributed by atoms with E-state index in [-0.39, 0.29) is 34.4 Å². The summed E-state index contributed by atoms with van der Waals surface area (Å²) < 4.78 is 41.8. The molecule has 18 heteroatoms. The highest BCUT2D eigenvalue weighted by atomic mass is 35.5. The van der Waals surface area contributed by atoms with Gasteiger partial charge in [-0.15, -0.1) is 0 Å². The van der Waals surface area contributed by atoms with Crippen LogP contribution in [0, 0.1) is 21.4 Å². The van der Waals surface area contributed by atoms with Crippen LogP contribution < -0.4 is 24.4 Å². The molecule has 6 aromatic rings. The van der Waals surface area contributed by atoms with Crippen LogP contribution >= 0.6 is 11.6 Å². The molecule has 0 bridgehead atoms. The fourth-order valence-corrected chi connectivity index (χ4v) is 13.2. The first-order valence-electron chi connectivity index (χ1n) is 26.2. The molecule has 4 heterocycles. The number of pyridine rings is 1. The van der Waals surface area contributed by atoms with Crippen molar-refractivity contribution >= 4 is 55.6 Å². The maximum absolute atomic E-state index is 14.1. The number of piperazine rings is 1. The Morgan fingerprint density at radius 2 is 1.73 bits per heavy atom. The second-order valence-electron chi connectivity index (χ2n) is 21.9. The molecule has 2 saturated carbocycles. The number of halogens is 1. The fourth-order valence-electron chi connectivity index (χ4n) is 12.0. The Morgan fingerprint density at radius 3 is 2.48 bits per heavy atom. The van der Waals surface area contributed by atoms with Crippen LogP contribution in [0.4, 0.5) is 17.1 Å². The number of anilines is 2. The van der Waals surface area contributed by atoms with Gasteiger partial charge in [0.15, 0.2) is 0 Å². The molecular formula is C57H67ClN8O8S. The Balaban J connectivity index is 0.832. The van der Waals surface area contributed by atoms with Gasteiger partial charge in [0.2, 0.25) is 0 Å². The number of carbonyl (C=O) groups excluding carboxylic acids is 1. The Hall–Kier alpha value is -6.24. The Morgan fingerprint density at radius 1 is 0.960 bits per heavy atom. The molecule has 1 amide bonds. The van der Waals surface area contributed by atoms with Crippen LogP contribution in [0.5, 0.6) is 17.2 Å². The van der Waals surface area contributed by atoms with Crippen molar-refractivity contribution in [2.24, 2.45) is 11.3 Å². The number of aromatic nitrogens is 2. The third-order valence-electron chi connectivity index (χ3n) is 16.4. The van der Waals surface area contributed by atoms with Crippen molar-refractivity contribution in [3.05, 3.63) is 141 Å². The van der Waals surface area contributed by atoms with Gasteiger partial charge in [-0.3, -0.25) is 24.7 Å². The molecule has 1 unspecified atom stereocenters. The standard InChI is InChI=1S/C57H67ClN8O8S/c1-37(2)45-7-5-6-8-46(45)51-36-63(35-39-9-13-48(58)53(27-39)73-4)25-26-65(51)42-31-57(32-42)20-23-64(24-21-57)41-10-12-47(52(29-41)74-43-28-40-17-22-59-54(40)61-34-43)55(67)62-75(71,72)44-11-14-49(50(30-44)66(69)70)60-33-38-15-18-56(3,68)19-16-38/h5-14,17,22,27-30,34,37-38,42,51,60,68H,15-16,18-21,23-26,31-33,35-36H2,1-4H3,(H,59,61)(H,62,67). The number of nitrogens with zero attached hydrogens (tertiary/aromatic N) is 5. The predicted molar refractivity (Wildman–Crippen MR) is 292 cm³/mol. The SMILES string of the molecule is COc1cc(CN2CCN(C3CC4(CCN(c5ccc(C(=O)NS(=O)(=O)c6ccc(NCC7CCC(C)(O)CC7)c([N+](=O)[O-])c6)c(Oc6cnc7[nH]ccc7c6)c5)CC4)C3)C(c3ccccc3C(C)C)C2)ccc1Cl. The molecule has 2 aliphatic heterocycles. The number of piperidine rings is 1. The Kier molecular flexibility index (Phi) is 14.9. The van der Waals surface area contributed by atoms with Crippen LogP contribution in [0.2, 0.25) is 5.02 Å². The van der Waals surface area contributed by atoms with Gasteiger partial charge in [0, 0.05) is 87.3 Å². The van der Waals surface area contributed by atoms with E-state index in [1.165, 1.54) is 35.0 Å². The lowest BCUT2D eigenvalue weighted by atomic mass is 9.59. The van der Waals surface area contributed by atoms with Crippen LogP contribution in [0.3, 0.4) is 0 Å². The molecule has 4 aliphatic rings. The van der Waals surface area contributed by atoms with Crippen LogP contribution in [-0.4, -0.2) is 102 Å². The number of ether oxygens (including phenoxy) is 2. The average molecular weight is 1060 g/mol. The van der Waals surface area contributed by atoms with E-state index in [1.54, 1.807) is 31.5 Å². The summed E-state index contributed by atoms with van der Waals surface area (Å²) in [5.74, 6) is 0.822. The highest BCUT2D eigenvalue weighted by Gasteiger charge is 2.50. The minimum Gasteiger partial charge on any atom is -0.495 e. The van der Waals surface area contributed by atoms with E-state index in [9.17, 15) is 28.4 Å². The number of H-pyrrole nitrogens is 1. The molecular weight excluding hydrogens is 992 g/mol. The monoisotopic (exact) mass is 1060 g/mol. The van der Waals surface area contributed by atoms with Crippen molar-refractivity contribution in [1.82, 2.24) is 24.5 Å².